The van der Waals surface area contributed by atoms with Crippen LogP contribution in [0.4, 0.5) is 8.78 Å². The van der Waals surface area contributed by atoms with Crippen LogP contribution < -0.4 is 0 Å². The molecule has 62 valence electrons. The van der Waals surface area contributed by atoms with E-state index in [0.717, 1.165) is 18.2 Å². The fraction of sp³-hybridized carbons (Fsp3) is 0. The zero-order chi connectivity index (χ0) is 8.72. The van der Waals surface area contributed by atoms with Crippen molar-refractivity contribution >= 4 is 10.9 Å². The Hall–Kier alpha value is -1.58. The molecule has 2 rings (SSSR count). The Bertz CT molecular complexity index is 397. The summed E-state index contributed by atoms with van der Waals surface area (Å²) in [6, 6.07) is 3.17. The van der Waals surface area contributed by atoms with Gasteiger partial charge in [0, 0.05) is 11.5 Å². The molecule has 1 aromatic carbocycles. The normalized spacial score (nSPS) is 10.8. The lowest BCUT2D eigenvalue weighted by Crippen LogP contribution is -1.80. The first-order valence-electron chi connectivity index (χ1n) is 3.34. The second-order valence-corrected chi connectivity index (χ2v) is 2.47. The van der Waals surface area contributed by atoms with Crippen molar-refractivity contribution in [3.63, 3.8) is 0 Å². The molecule has 12 heavy (non-hydrogen) atoms. The molecule has 0 spiro atoms. The molecule has 0 fully saturated rings. The number of nitrogens with one attached hydrogen (secondary N) is 1. The Balaban J connectivity index is 2.93. The van der Waals surface area contributed by atoms with Gasteiger partial charge in [0.15, 0.2) is 5.88 Å². The van der Waals surface area contributed by atoms with Crippen LogP contribution in [0.25, 0.3) is 10.9 Å². The second kappa shape index (κ2) is 2.20. The number of aromatic amines is 1. The summed E-state index contributed by atoms with van der Waals surface area (Å²) in [6.45, 7) is 0. The van der Waals surface area contributed by atoms with E-state index < -0.39 is 11.6 Å². The van der Waals surface area contributed by atoms with E-state index in [1.165, 1.54) is 0 Å². The van der Waals surface area contributed by atoms with Crippen LogP contribution in [0.15, 0.2) is 18.2 Å². The lowest BCUT2D eigenvalue weighted by atomic mass is 10.2. The number of H-pyrrole nitrogens is 1. The zero-order valence-electron chi connectivity index (χ0n) is 5.94. The van der Waals surface area contributed by atoms with Gasteiger partial charge in [-0.1, -0.05) is 0 Å². The summed E-state index contributed by atoms with van der Waals surface area (Å²) < 4.78 is 25.8. The number of hydrogen-bond donors (Lipinski definition) is 2. The highest BCUT2D eigenvalue weighted by Crippen LogP contribution is 2.24. The van der Waals surface area contributed by atoms with E-state index in [9.17, 15) is 8.78 Å². The molecule has 0 radical (unpaired) electrons. The average Bonchev–Trinajstić information content (AvgIpc) is 2.41. The highest BCUT2D eigenvalue weighted by molar-refractivity contribution is 5.82. The fourth-order valence-corrected chi connectivity index (χ4v) is 1.14. The predicted octanol–water partition coefficient (Wildman–Crippen LogP) is 2.15. The standard InChI is InChI=1S/C8H5F2NO/c9-5-1-2-6(10)8-4(5)3-7(12)11-8/h1-3,11-12H. The predicted molar refractivity (Wildman–Crippen MR) is 39.9 cm³/mol. The Morgan fingerprint density at radius 3 is 2.50 bits per heavy atom. The van der Waals surface area contributed by atoms with E-state index in [0.29, 0.717) is 0 Å². The molecule has 1 heterocycles. The van der Waals surface area contributed by atoms with Crippen molar-refractivity contribution in [3.05, 3.63) is 29.8 Å². The summed E-state index contributed by atoms with van der Waals surface area (Å²) >= 11 is 0. The first kappa shape index (κ1) is 7.09. The zero-order valence-corrected chi connectivity index (χ0v) is 5.94. The lowest BCUT2D eigenvalue weighted by molar-refractivity contribution is 0.458. The van der Waals surface area contributed by atoms with Crippen LogP contribution in [0.5, 0.6) is 5.88 Å². The highest BCUT2D eigenvalue weighted by Gasteiger charge is 2.08. The first-order chi connectivity index (χ1) is 5.68. The van der Waals surface area contributed by atoms with Crippen LogP contribution in [0, 0.1) is 11.6 Å². The number of aromatic nitrogens is 1. The average molecular weight is 169 g/mol. The number of hydrogen-bond acceptors (Lipinski definition) is 1. The highest BCUT2D eigenvalue weighted by atomic mass is 19.1. The van der Waals surface area contributed by atoms with Crippen molar-refractivity contribution in [3.8, 4) is 5.88 Å². The molecule has 0 saturated heterocycles. The van der Waals surface area contributed by atoms with Gasteiger partial charge in [-0.2, -0.15) is 0 Å². The molecule has 2 N–H and O–H groups in total. The summed E-state index contributed by atoms with van der Waals surface area (Å²) in [6.07, 6.45) is 0. The molecule has 2 nitrogen and oxygen atoms in total. The van der Waals surface area contributed by atoms with Gasteiger partial charge in [0.05, 0.1) is 5.52 Å². The molecule has 0 unspecified atom stereocenters. The summed E-state index contributed by atoms with van der Waals surface area (Å²) in [5.41, 5.74) is -0.00694. The monoisotopic (exact) mass is 169 g/mol. The van der Waals surface area contributed by atoms with E-state index >= 15 is 0 Å². The molecule has 2 aromatic rings. The minimum Gasteiger partial charge on any atom is -0.495 e. The number of fused-ring (bicyclic) bond motifs is 1. The number of benzene rings is 1. The third kappa shape index (κ3) is 0.845. The van der Waals surface area contributed by atoms with E-state index in [1.807, 2.05) is 0 Å². The molecule has 0 saturated carbocycles. The van der Waals surface area contributed by atoms with Gasteiger partial charge >= 0.3 is 0 Å². The summed E-state index contributed by atoms with van der Waals surface area (Å²) in [7, 11) is 0. The quantitative estimate of drug-likeness (QED) is 0.622. The van der Waals surface area contributed by atoms with Crippen molar-refractivity contribution in [2.45, 2.75) is 0 Å². The van der Waals surface area contributed by atoms with Crippen LogP contribution in [-0.2, 0) is 0 Å². The minimum atomic E-state index is -0.577. The molecule has 0 atom stereocenters. The van der Waals surface area contributed by atoms with Crippen LogP contribution in [0.3, 0.4) is 0 Å². The largest absolute Gasteiger partial charge is 0.495 e. The van der Waals surface area contributed by atoms with Crippen LogP contribution in [0.1, 0.15) is 0 Å². The van der Waals surface area contributed by atoms with E-state index in [-0.39, 0.29) is 16.8 Å². The number of rotatable bonds is 0. The third-order valence-electron chi connectivity index (χ3n) is 1.68. The second-order valence-electron chi connectivity index (χ2n) is 2.47. The Kier molecular flexibility index (Phi) is 1.30. The van der Waals surface area contributed by atoms with Crippen molar-refractivity contribution in [2.24, 2.45) is 0 Å². The van der Waals surface area contributed by atoms with Crippen molar-refractivity contribution < 1.29 is 13.9 Å². The fourth-order valence-electron chi connectivity index (χ4n) is 1.14. The molecule has 4 heteroatoms. The maximum absolute atomic E-state index is 12.9. The van der Waals surface area contributed by atoms with Crippen LogP contribution in [-0.4, -0.2) is 10.1 Å². The van der Waals surface area contributed by atoms with Gasteiger partial charge in [0.1, 0.15) is 11.6 Å². The molecular formula is C8H5F2NO. The minimum absolute atomic E-state index is 0.00694. The third-order valence-corrected chi connectivity index (χ3v) is 1.68. The van der Waals surface area contributed by atoms with E-state index in [1.54, 1.807) is 0 Å². The number of halogens is 2. The SMILES string of the molecule is Oc1cc2c(F)ccc(F)c2[nH]1. The molecular weight excluding hydrogens is 164 g/mol. The van der Waals surface area contributed by atoms with Crippen LogP contribution in [0.2, 0.25) is 0 Å². The van der Waals surface area contributed by atoms with Gasteiger partial charge in [-0.15, -0.1) is 0 Å². The van der Waals surface area contributed by atoms with Crippen LogP contribution >= 0.6 is 0 Å². The van der Waals surface area contributed by atoms with Crippen molar-refractivity contribution in [2.75, 3.05) is 0 Å². The summed E-state index contributed by atoms with van der Waals surface area (Å²) in [5.74, 6) is -1.37. The smallest absolute Gasteiger partial charge is 0.189 e. The molecule has 0 aliphatic rings. The van der Waals surface area contributed by atoms with E-state index in [2.05, 4.69) is 4.98 Å². The first-order valence-corrected chi connectivity index (χ1v) is 3.34. The molecule has 0 amide bonds. The van der Waals surface area contributed by atoms with Gasteiger partial charge in [-0.05, 0) is 12.1 Å². The summed E-state index contributed by atoms with van der Waals surface area (Å²) in [5, 5.41) is 8.98. The van der Waals surface area contributed by atoms with Gasteiger partial charge in [-0.3, -0.25) is 0 Å². The van der Waals surface area contributed by atoms with Gasteiger partial charge < -0.3 is 10.1 Å². The molecule has 0 aliphatic heterocycles. The maximum atomic E-state index is 12.9. The van der Waals surface area contributed by atoms with Gasteiger partial charge in [0.25, 0.3) is 0 Å². The topological polar surface area (TPSA) is 36.0 Å². The Morgan fingerprint density at radius 2 is 1.83 bits per heavy atom. The maximum Gasteiger partial charge on any atom is 0.189 e. The van der Waals surface area contributed by atoms with Gasteiger partial charge in [-0.25, -0.2) is 8.78 Å². The van der Waals surface area contributed by atoms with Crippen molar-refractivity contribution in [1.29, 1.82) is 0 Å². The molecule has 0 aliphatic carbocycles. The molecule has 1 aromatic heterocycles. The Morgan fingerprint density at radius 1 is 1.17 bits per heavy atom. The molecule has 0 bridgehead atoms. The Labute approximate surface area is 66.4 Å². The summed E-state index contributed by atoms with van der Waals surface area (Å²) in [4.78, 5) is 2.31. The number of aromatic hydroxyl groups is 1. The van der Waals surface area contributed by atoms with E-state index in [4.69, 9.17) is 5.11 Å². The lowest BCUT2D eigenvalue weighted by Gasteiger charge is -1.92. The van der Waals surface area contributed by atoms with Gasteiger partial charge in [0.2, 0.25) is 0 Å². The van der Waals surface area contributed by atoms with Crippen molar-refractivity contribution in [1.82, 2.24) is 4.98 Å².